The highest BCUT2D eigenvalue weighted by molar-refractivity contribution is 5.86. The molecule has 0 amide bonds. The minimum absolute atomic E-state index is 0.131. The third-order valence-electron chi connectivity index (χ3n) is 3.72. The van der Waals surface area contributed by atoms with Gasteiger partial charge >= 0.3 is 0 Å². The molecular weight excluding hydrogens is 196 g/mol. The standard InChI is InChI=1S/C14H18N2/c1-2-14(15)16-12-8-4-3-6-10(12)11-7-5-9-13(11)16/h3-4,6,8,14H,2,5,7,9,15H2,1H3/t14-/m0/s1. The maximum Gasteiger partial charge on any atom is 0.0814 e. The first-order valence-electron chi connectivity index (χ1n) is 6.19. The zero-order valence-electron chi connectivity index (χ0n) is 9.74. The number of hydrogen-bond acceptors (Lipinski definition) is 1. The minimum atomic E-state index is 0.131. The van der Waals surface area contributed by atoms with E-state index in [1.54, 1.807) is 5.56 Å². The van der Waals surface area contributed by atoms with Crippen LogP contribution in [0.1, 0.15) is 37.2 Å². The summed E-state index contributed by atoms with van der Waals surface area (Å²) in [7, 11) is 0. The molecule has 1 heterocycles. The van der Waals surface area contributed by atoms with Gasteiger partial charge in [0.05, 0.1) is 6.17 Å². The summed E-state index contributed by atoms with van der Waals surface area (Å²) in [4.78, 5) is 0. The van der Waals surface area contributed by atoms with Crippen LogP contribution in [0.3, 0.4) is 0 Å². The van der Waals surface area contributed by atoms with Crippen LogP contribution in [-0.2, 0) is 12.8 Å². The summed E-state index contributed by atoms with van der Waals surface area (Å²) in [6, 6.07) is 8.67. The SMILES string of the molecule is CC[C@@H](N)n1c2c(c3ccccc31)CCC2. The van der Waals surface area contributed by atoms with Crippen molar-refractivity contribution in [2.24, 2.45) is 5.73 Å². The van der Waals surface area contributed by atoms with Gasteiger partial charge in [0.25, 0.3) is 0 Å². The van der Waals surface area contributed by atoms with Crippen molar-refractivity contribution in [2.45, 2.75) is 38.8 Å². The van der Waals surface area contributed by atoms with Gasteiger partial charge in [-0.3, -0.25) is 0 Å². The molecule has 0 fully saturated rings. The molecule has 0 saturated heterocycles. The molecule has 2 nitrogen and oxygen atoms in total. The average Bonchev–Trinajstić information content (AvgIpc) is 2.87. The Morgan fingerprint density at radius 2 is 2.12 bits per heavy atom. The number of fused-ring (bicyclic) bond motifs is 3. The van der Waals surface area contributed by atoms with Gasteiger partial charge in [0.1, 0.15) is 0 Å². The van der Waals surface area contributed by atoms with Crippen LogP contribution in [0.4, 0.5) is 0 Å². The average molecular weight is 214 g/mol. The van der Waals surface area contributed by atoms with E-state index in [4.69, 9.17) is 5.73 Å². The van der Waals surface area contributed by atoms with E-state index in [9.17, 15) is 0 Å². The van der Waals surface area contributed by atoms with Crippen molar-refractivity contribution in [3.8, 4) is 0 Å². The predicted octanol–water partition coefficient (Wildman–Crippen LogP) is 3.00. The molecule has 0 saturated carbocycles. The number of hydrogen-bond donors (Lipinski definition) is 1. The van der Waals surface area contributed by atoms with Crippen molar-refractivity contribution in [1.29, 1.82) is 0 Å². The van der Waals surface area contributed by atoms with E-state index in [-0.39, 0.29) is 6.17 Å². The first-order valence-corrected chi connectivity index (χ1v) is 6.19. The van der Waals surface area contributed by atoms with E-state index in [0.29, 0.717) is 0 Å². The van der Waals surface area contributed by atoms with E-state index < -0.39 is 0 Å². The quantitative estimate of drug-likeness (QED) is 0.818. The number of aromatic nitrogens is 1. The smallest absolute Gasteiger partial charge is 0.0814 e. The Hall–Kier alpha value is -1.28. The highest BCUT2D eigenvalue weighted by Crippen LogP contribution is 2.34. The maximum absolute atomic E-state index is 6.24. The van der Waals surface area contributed by atoms with Crippen molar-refractivity contribution in [3.05, 3.63) is 35.5 Å². The zero-order valence-corrected chi connectivity index (χ0v) is 9.74. The third kappa shape index (κ3) is 1.23. The number of benzene rings is 1. The molecule has 0 spiro atoms. The predicted molar refractivity (Wildman–Crippen MR) is 67.5 cm³/mol. The lowest BCUT2D eigenvalue weighted by Crippen LogP contribution is -2.19. The molecule has 0 radical (unpaired) electrons. The van der Waals surface area contributed by atoms with Gasteiger partial charge in [0.15, 0.2) is 0 Å². The van der Waals surface area contributed by atoms with E-state index in [0.717, 1.165) is 6.42 Å². The van der Waals surface area contributed by atoms with Gasteiger partial charge < -0.3 is 10.3 Å². The molecule has 84 valence electrons. The number of rotatable bonds is 2. The molecular formula is C14H18N2. The molecule has 1 aliphatic rings. The summed E-state index contributed by atoms with van der Waals surface area (Å²) >= 11 is 0. The van der Waals surface area contributed by atoms with Crippen molar-refractivity contribution >= 4 is 10.9 Å². The molecule has 1 aliphatic carbocycles. The van der Waals surface area contributed by atoms with Crippen molar-refractivity contribution in [3.63, 3.8) is 0 Å². The summed E-state index contributed by atoms with van der Waals surface area (Å²) in [6.07, 6.45) is 4.82. The van der Waals surface area contributed by atoms with Crippen LogP contribution < -0.4 is 5.73 Å². The lowest BCUT2D eigenvalue weighted by Gasteiger charge is -2.16. The topological polar surface area (TPSA) is 30.9 Å². The molecule has 2 aromatic rings. The molecule has 2 heteroatoms. The Bertz CT molecular complexity index is 525. The van der Waals surface area contributed by atoms with Gasteiger partial charge in [-0.25, -0.2) is 0 Å². The second-order valence-corrected chi connectivity index (χ2v) is 4.64. The van der Waals surface area contributed by atoms with Crippen LogP contribution in [-0.4, -0.2) is 4.57 Å². The Morgan fingerprint density at radius 3 is 2.94 bits per heavy atom. The summed E-state index contributed by atoms with van der Waals surface area (Å²) in [5.41, 5.74) is 10.6. The zero-order chi connectivity index (χ0) is 11.1. The second kappa shape index (κ2) is 3.63. The van der Waals surface area contributed by atoms with Gasteiger partial charge in [-0.2, -0.15) is 0 Å². The minimum Gasteiger partial charge on any atom is -0.329 e. The fourth-order valence-electron chi connectivity index (χ4n) is 2.93. The Morgan fingerprint density at radius 1 is 1.31 bits per heavy atom. The Kier molecular flexibility index (Phi) is 2.25. The van der Waals surface area contributed by atoms with E-state index in [2.05, 4.69) is 35.8 Å². The second-order valence-electron chi connectivity index (χ2n) is 4.64. The summed E-state index contributed by atoms with van der Waals surface area (Å²) < 4.78 is 2.36. The van der Waals surface area contributed by atoms with Crippen LogP contribution in [0.5, 0.6) is 0 Å². The van der Waals surface area contributed by atoms with Gasteiger partial charge in [0.2, 0.25) is 0 Å². The van der Waals surface area contributed by atoms with Crippen LogP contribution in [0.25, 0.3) is 10.9 Å². The fraction of sp³-hybridized carbons (Fsp3) is 0.429. The maximum atomic E-state index is 6.24. The van der Waals surface area contributed by atoms with Crippen LogP contribution in [0.15, 0.2) is 24.3 Å². The van der Waals surface area contributed by atoms with Gasteiger partial charge in [-0.1, -0.05) is 25.1 Å². The van der Waals surface area contributed by atoms with Crippen molar-refractivity contribution < 1.29 is 0 Å². The fourth-order valence-corrected chi connectivity index (χ4v) is 2.93. The molecule has 1 aromatic carbocycles. The number of nitrogens with two attached hydrogens (primary N) is 1. The van der Waals surface area contributed by atoms with Gasteiger partial charge in [-0.15, -0.1) is 0 Å². The molecule has 16 heavy (non-hydrogen) atoms. The molecule has 2 N–H and O–H groups in total. The summed E-state index contributed by atoms with van der Waals surface area (Å²) in [6.45, 7) is 2.15. The molecule has 0 aliphatic heterocycles. The van der Waals surface area contributed by atoms with Crippen LogP contribution in [0.2, 0.25) is 0 Å². The number of aryl methyl sites for hydroxylation is 1. The summed E-state index contributed by atoms with van der Waals surface area (Å²) in [5.74, 6) is 0. The van der Waals surface area contributed by atoms with E-state index in [1.807, 2.05) is 0 Å². The lowest BCUT2D eigenvalue weighted by atomic mass is 10.1. The van der Waals surface area contributed by atoms with Gasteiger partial charge in [0, 0.05) is 16.6 Å². The van der Waals surface area contributed by atoms with Crippen molar-refractivity contribution in [2.75, 3.05) is 0 Å². The van der Waals surface area contributed by atoms with Crippen LogP contribution >= 0.6 is 0 Å². The number of para-hydroxylation sites is 1. The highest BCUT2D eigenvalue weighted by Gasteiger charge is 2.22. The lowest BCUT2D eigenvalue weighted by molar-refractivity contribution is 0.506. The normalized spacial score (nSPS) is 16.6. The third-order valence-corrected chi connectivity index (χ3v) is 3.72. The van der Waals surface area contributed by atoms with Crippen LogP contribution in [0, 0.1) is 0 Å². The van der Waals surface area contributed by atoms with E-state index >= 15 is 0 Å². The van der Waals surface area contributed by atoms with Crippen molar-refractivity contribution in [1.82, 2.24) is 4.57 Å². The molecule has 1 atom stereocenters. The molecule has 1 aromatic heterocycles. The summed E-state index contributed by atoms with van der Waals surface area (Å²) in [5, 5.41) is 1.42. The molecule has 0 bridgehead atoms. The monoisotopic (exact) mass is 214 g/mol. The first-order chi connectivity index (χ1) is 7.83. The van der Waals surface area contributed by atoms with E-state index in [1.165, 1.54) is 35.9 Å². The first kappa shape index (κ1) is 9.91. The van der Waals surface area contributed by atoms with Gasteiger partial charge in [-0.05, 0) is 37.3 Å². The Labute approximate surface area is 96.1 Å². The molecule has 0 unspecified atom stereocenters. The Balaban J connectivity index is 2.33. The number of nitrogens with zero attached hydrogens (tertiary/aromatic N) is 1. The molecule has 3 rings (SSSR count). The largest absolute Gasteiger partial charge is 0.329 e. The highest BCUT2D eigenvalue weighted by atomic mass is 15.1.